The van der Waals surface area contributed by atoms with E-state index in [0.29, 0.717) is 12.1 Å². The maximum Gasteiger partial charge on any atom is 0.0193 e. The molecule has 1 rings (SSSR count). The Bertz CT molecular complexity index is 205. The van der Waals surface area contributed by atoms with Crippen molar-refractivity contribution in [2.45, 2.75) is 60.0 Å². The number of rotatable bonds is 5. The fraction of sp³-hybridized carbons (Fsp3) is 1.00. The van der Waals surface area contributed by atoms with Gasteiger partial charge in [-0.05, 0) is 31.1 Å². The van der Waals surface area contributed by atoms with E-state index in [4.69, 9.17) is 0 Å². The van der Waals surface area contributed by atoms with Crippen LogP contribution in [0.5, 0.6) is 0 Å². The number of piperazine rings is 1. The van der Waals surface area contributed by atoms with Crippen LogP contribution < -0.4 is 5.32 Å². The minimum Gasteiger partial charge on any atom is -0.311 e. The topological polar surface area (TPSA) is 15.3 Å². The van der Waals surface area contributed by atoms with E-state index in [1.54, 1.807) is 0 Å². The van der Waals surface area contributed by atoms with Crippen LogP contribution in [0.3, 0.4) is 0 Å². The molecule has 1 fully saturated rings. The van der Waals surface area contributed by atoms with Gasteiger partial charge >= 0.3 is 0 Å². The maximum atomic E-state index is 3.64. The smallest absolute Gasteiger partial charge is 0.0193 e. The van der Waals surface area contributed by atoms with Crippen LogP contribution in [-0.4, -0.2) is 36.6 Å². The summed E-state index contributed by atoms with van der Waals surface area (Å²) in [6.45, 7) is 17.8. The molecule has 102 valence electrons. The molecule has 0 bridgehead atoms. The highest BCUT2D eigenvalue weighted by Crippen LogP contribution is 2.23. The molecule has 0 aromatic carbocycles. The molecule has 0 saturated carbocycles. The predicted molar refractivity (Wildman–Crippen MR) is 76.3 cm³/mol. The summed E-state index contributed by atoms with van der Waals surface area (Å²) in [6.07, 6.45) is 1.25. The van der Waals surface area contributed by atoms with E-state index in [1.165, 1.54) is 19.5 Å². The van der Waals surface area contributed by atoms with Crippen LogP contribution in [0.2, 0.25) is 0 Å². The summed E-state index contributed by atoms with van der Waals surface area (Å²) in [6, 6.07) is 1.39. The Morgan fingerprint density at radius 2 is 1.76 bits per heavy atom. The lowest BCUT2D eigenvalue weighted by Gasteiger charge is -2.42. The van der Waals surface area contributed by atoms with Gasteiger partial charge in [0.05, 0.1) is 0 Å². The highest BCUT2D eigenvalue weighted by atomic mass is 15.2. The van der Waals surface area contributed by atoms with Gasteiger partial charge in [0, 0.05) is 31.7 Å². The largest absolute Gasteiger partial charge is 0.311 e. The summed E-state index contributed by atoms with van der Waals surface area (Å²) in [5, 5.41) is 3.64. The quantitative estimate of drug-likeness (QED) is 0.795. The van der Waals surface area contributed by atoms with Crippen LogP contribution >= 0.6 is 0 Å². The molecule has 1 saturated heterocycles. The van der Waals surface area contributed by atoms with Crippen LogP contribution in [0.1, 0.15) is 48.0 Å². The van der Waals surface area contributed by atoms with Gasteiger partial charge in [0.25, 0.3) is 0 Å². The third-order valence-corrected chi connectivity index (χ3v) is 4.43. The average Bonchev–Trinajstić information content (AvgIpc) is 2.27. The van der Waals surface area contributed by atoms with Crippen LogP contribution in [0.4, 0.5) is 0 Å². The Morgan fingerprint density at radius 1 is 1.18 bits per heavy atom. The lowest BCUT2D eigenvalue weighted by atomic mass is 9.84. The monoisotopic (exact) mass is 240 g/mol. The first-order valence-electron chi connectivity index (χ1n) is 7.43. The Kier molecular flexibility index (Phi) is 5.94. The molecule has 0 aromatic rings. The molecule has 0 aromatic heterocycles. The molecule has 0 aliphatic carbocycles. The fourth-order valence-corrected chi connectivity index (χ4v) is 2.98. The van der Waals surface area contributed by atoms with Crippen molar-refractivity contribution in [3.8, 4) is 0 Å². The second kappa shape index (κ2) is 6.75. The zero-order valence-corrected chi connectivity index (χ0v) is 12.7. The second-order valence-corrected chi connectivity index (χ2v) is 6.47. The fourth-order valence-electron chi connectivity index (χ4n) is 2.98. The van der Waals surface area contributed by atoms with Gasteiger partial charge in [0.1, 0.15) is 0 Å². The van der Waals surface area contributed by atoms with Crippen molar-refractivity contribution in [2.75, 3.05) is 19.6 Å². The van der Waals surface area contributed by atoms with E-state index in [2.05, 4.69) is 51.8 Å². The molecular formula is C15H32N2. The number of nitrogens with one attached hydrogen (secondary N) is 1. The highest BCUT2D eigenvalue weighted by Gasteiger charge is 2.28. The van der Waals surface area contributed by atoms with Crippen molar-refractivity contribution in [1.82, 2.24) is 10.2 Å². The minimum absolute atomic E-state index is 0.692. The summed E-state index contributed by atoms with van der Waals surface area (Å²) in [4.78, 5) is 2.70. The van der Waals surface area contributed by atoms with Gasteiger partial charge < -0.3 is 5.32 Å². The first-order valence-corrected chi connectivity index (χ1v) is 7.43. The summed E-state index contributed by atoms with van der Waals surface area (Å²) in [5.74, 6) is 2.40. The van der Waals surface area contributed by atoms with Crippen molar-refractivity contribution < 1.29 is 0 Å². The summed E-state index contributed by atoms with van der Waals surface area (Å²) >= 11 is 0. The van der Waals surface area contributed by atoms with Crippen molar-refractivity contribution in [2.24, 2.45) is 17.8 Å². The van der Waals surface area contributed by atoms with Gasteiger partial charge in [-0.2, -0.15) is 0 Å². The Balaban J connectivity index is 2.57. The van der Waals surface area contributed by atoms with Crippen molar-refractivity contribution in [3.05, 3.63) is 0 Å². The molecule has 17 heavy (non-hydrogen) atoms. The van der Waals surface area contributed by atoms with Gasteiger partial charge in [-0.15, -0.1) is 0 Å². The zero-order valence-electron chi connectivity index (χ0n) is 12.7. The average molecular weight is 240 g/mol. The Hall–Kier alpha value is -0.0800. The molecule has 2 atom stereocenters. The van der Waals surface area contributed by atoms with E-state index < -0.39 is 0 Å². The standard InChI is InChI=1S/C15H32N2/c1-7-14-9-17(13(6)8-16-14)10-15(11(2)3)12(4)5/h11-16H,7-10H2,1-6H3. The van der Waals surface area contributed by atoms with E-state index in [1.807, 2.05) is 0 Å². The number of hydrogen-bond acceptors (Lipinski definition) is 2. The van der Waals surface area contributed by atoms with Gasteiger partial charge in [0.2, 0.25) is 0 Å². The highest BCUT2D eigenvalue weighted by molar-refractivity contribution is 4.85. The molecule has 0 amide bonds. The summed E-state index contributed by atoms with van der Waals surface area (Å²) < 4.78 is 0. The second-order valence-electron chi connectivity index (χ2n) is 6.47. The molecule has 2 unspecified atom stereocenters. The third kappa shape index (κ3) is 4.26. The van der Waals surface area contributed by atoms with E-state index in [9.17, 15) is 0 Å². The SMILES string of the molecule is CCC1CN(CC(C(C)C)C(C)C)C(C)CN1. The number of hydrogen-bond donors (Lipinski definition) is 1. The lowest BCUT2D eigenvalue weighted by molar-refractivity contribution is 0.0906. The molecule has 0 radical (unpaired) electrons. The van der Waals surface area contributed by atoms with Crippen LogP contribution in [-0.2, 0) is 0 Å². The maximum absolute atomic E-state index is 3.64. The molecule has 1 N–H and O–H groups in total. The van der Waals surface area contributed by atoms with Gasteiger partial charge in [-0.3, -0.25) is 4.90 Å². The van der Waals surface area contributed by atoms with E-state index in [0.717, 1.165) is 24.3 Å². The lowest BCUT2D eigenvalue weighted by Crippen LogP contribution is -2.56. The first kappa shape index (κ1) is 15.0. The van der Waals surface area contributed by atoms with E-state index in [-0.39, 0.29) is 0 Å². The summed E-state index contributed by atoms with van der Waals surface area (Å²) in [5.41, 5.74) is 0. The Morgan fingerprint density at radius 3 is 2.24 bits per heavy atom. The molecular weight excluding hydrogens is 208 g/mol. The summed E-state index contributed by atoms with van der Waals surface area (Å²) in [7, 11) is 0. The predicted octanol–water partition coefficient (Wildman–Crippen LogP) is 2.99. The zero-order chi connectivity index (χ0) is 13.0. The van der Waals surface area contributed by atoms with Crippen LogP contribution in [0, 0.1) is 17.8 Å². The van der Waals surface area contributed by atoms with Gasteiger partial charge in [0.15, 0.2) is 0 Å². The van der Waals surface area contributed by atoms with Gasteiger partial charge in [-0.1, -0.05) is 34.6 Å². The van der Waals surface area contributed by atoms with Crippen molar-refractivity contribution >= 4 is 0 Å². The van der Waals surface area contributed by atoms with Crippen LogP contribution in [0.25, 0.3) is 0 Å². The Labute approximate surface area is 108 Å². The molecule has 2 heteroatoms. The number of nitrogens with zero attached hydrogens (tertiary/aromatic N) is 1. The van der Waals surface area contributed by atoms with Crippen LogP contribution in [0.15, 0.2) is 0 Å². The third-order valence-electron chi connectivity index (χ3n) is 4.43. The van der Waals surface area contributed by atoms with Crippen molar-refractivity contribution in [3.63, 3.8) is 0 Å². The minimum atomic E-state index is 0.692. The first-order chi connectivity index (χ1) is 7.95. The molecule has 1 heterocycles. The molecule has 1 aliphatic rings. The molecule has 2 nitrogen and oxygen atoms in total. The normalized spacial score (nSPS) is 27.4. The van der Waals surface area contributed by atoms with Crippen molar-refractivity contribution in [1.29, 1.82) is 0 Å². The molecule has 0 spiro atoms. The molecule has 1 aliphatic heterocycles. The van der Waals surface area contributed by atoms with Gasteiger partial charge in [-0.25, -0.2) is 0 Å². The van der Waals surface area contributed by atoms with E-state index >= 15 is 0 Å².